The number of halogens is 2. The molecular formula is C26H32F2O. The fraction of sp³-hybridized carbons (Fsp3) is 0.462. The molecule has 156 valence electrons. The van der Waals surface area contributed by atoms with E-state index in [9.17, 15) is 8.78 Å². The minimum absolute atomic E-state index is 0.182. The molecule has 0 amide bonds. The minimum Gasteiger partial charge on any atom is -0.378 e. The topological polar surface area (TPSA) is 9.23 Å². The summed E-state index contributed by atoms with van der Waals surface area (Å²) in [6.07, 6.45) is 10.8. The Morgan fingerprint density at radius 2 is 1.66 bits per heavy atom. The van der Waals surface area contributed by atoms with E-state index in [1.54, 1.807) is 6.07 Å². The van der Waals surface area contributed by atoms with Gasteiger partial charge in [-0.1, -0.05) is 43.3 Å². The first-order valence-electron chi connectivity index (χ1n) is 10.9. The second kappa shape index (κ2) is 10.7. The lowest BCUT2D eigenvalue weighted by Crippen LogP contribution is -2.21. The summed E-state index contributed by atoms with van der Waals surface area (Å²) in [7, 11) is 0. The third-order valence-electron chi connectivity index (χ3n) is 5.87. The van der Waals surface area contributed by atoms with E-state index in [2.05, 4.69) is 6.92 Å². The zero-order valence-corrected chi connectivity index (χ0v) is 17.6. The molecule has 0 unspecified atom stereocenters. The molecule has 1 aliphatic rings. The van der Waals surface area contributed by atoms with E-state index < -0.39 is 0 Å². The van der Waals surface area contributed by atoms with Crippen LogP contribution >= 0.6 is 0 Å². The second-order valence-electron chi connectivity index (χ2n) is 7.99. The number of rotatable bonds is 8. The monoisotopic (exact) mass is 398 g/mol. The highest BCUT2D eigenvalue weighted by Gasteiger charge is 2.24. The van der Waals surface area contributed by atoms with Crippen LogP contribution in [0.2, 0.25) is 0 Å². The molecule has 0 bridgehead atoms. The van der Waals surface area contributed by atoms with Crippen molar-refractivity contribution in [2.24, 2.45) is 0 Å². The number of hydrogen-bond donors (Lipinski definition) is 0. The quantitative estimate of drug-likeness (QED) is 0.416. The van der Waals surface area contributed by atoms with Crippen molar-refractivity contribution in [3.63, 3.8) is 0 Å². The largest absolute Gasteiger partial charge is 0.378 e. The molecule has 0 spiro atoms. The van der Waals surface area contributed by atoms with E-state index >= 15 is 0 Å². The van der Waals surface area contributed by atoms with Crippen LogP contribution in [0.3, 0.4) is 0 Å². The summed E-state index contributed by atoms with van der Waals surface area (Å²) in [5.41, 5.74) is 2.93. The molecule has 1 saturated carbocycles. The maximum absolute atomic E-state index is 14.9. The summed E-state index contributed by atoms with van der Waals surface area (Å²) in [6.45, 7) is 4.89. The molecule has 0 saturated heterocycles. The molecule has 1 aliphatic carbocycles. The van der Waals surface area contributed by atoms with Gasteiger partial charge in [0.2, 0.25) is 0 Å². The van der Waals surface area contributed by atoms with Crippen LogP contribution in [-0.4, -0.2) is 12.7 Å². The molecule has 2 aromatic rings. The maximum Gasteiger partial charge on any atom is 0.127 e. The predicted molar refractivity (Wildman–Crippen MR) is 116 cm³/mol. The highest BCUT2D eigenvalue weighted by Crippen LogP contribution is 2.36. The molecule has 0 atom stereocenters. The van der Waals surface area contributed by atoms with Crippen LogP contribution in [0.25, 0.3) is 11.1 Å². The van der Waals surface area contributed by atoms with Crippen LogP contribution in [0.4, 0.5) is 8.78 Å². The van der Waals surface area contributed by atoms with Crippen molar-refractivity contribution in [3.8, 4) is 11.1 Å². The van der Waals surface area contributed by atoms with E-state index in [1.807, 2.05) is 43.3 Å². The third kappa shape index (κ3) is 5.76. The standard InChI is InChI=1S/C26H32F2O/c1-3-5-6-7-20-8-9-21(17-25(20)27)22-12-15-24(26(28)18-22)19-10-13-23(14-11-19)29-16-4-2/h3,5,8-9,12,15,17-19,23H,4,6-7,10-11,13-14,16H2,1-2H3/b5-3+. The Hall–Kier alpha value is -2.00. The van der Waals surface area contributed by atoms with Crippen molar-refractivity contribution in [3.05, 3.63) is 71.3 Å². The SMILES string of the molecule is C/C=C/CCc1ccc(-c2ccc(C3CCC(OCCC)CC3)c(F)c2)cc1F. The number of allylic oxidation sites excluding steroid dienone is 2. The van der Waals surface area contributed by atoms with E-state index in [4.69, 9.17) is 4.74 Å². The zero-order chi connectivity index (χ0) is 20.6. The number of benzene rings is 2. The van der Waals surface area contributed by atoms with Gasteiger partial charge in [0.05, 0.1) is 6.10 Å². The van der Waals surface area contributed by atoms with Crippen molar-refractivity contribution < 1.29 is 13.5 Å². The fourth-order valence-corrected chi connectivity index (χ4v) is 4.20. The normalized spacial score (nSPS) is 19.7. The van der Waals surface area contributed by atoms with Gasteiger partial charge in [-0.05, 0) is 92.2 Å². The number of aryl methyl sites for hydroxylation is 1. The van der Waals surface area contributed by atoms with Crippen LogP contribution in [0.15, 0.2) is 48.6 Å². The first-order valence-corrected chi connectivity index (χ1v) is 10.9. The molecule has 0 N–H and O–H groups in total. The molecule has 2 aromatic carbocycles. The van der Waals surface area contributed by atoms with Crippen LogP contribution in [-0.2, 0) is 11.2 Å². The minimum atomic E-state index is -0.220. The lowest BCUT2D eigenvalue weighted by Gasteiger charge is -2.29. The van der Waals surface area contributed by atoms with Gasteiger partial charge in [-0.15, -0.1) is 0 Å². The van der Waals surface area contributed by atoms with E-state index in [-0.39, 0.29) is 17.6 Å². The summed E-state index contributed by atoms with van der Waals surface area (Å²) in [5, 5.41) is 0. The predicted octanol–water partition coefficient (Wildman–Crippen LogP) is 7.59. The number of hydrogen-bond acceptors (Lipinski definition) is 1. The summed E-state index contributed by atoms with van der Waals surface area (Å²) in [4.78, 5) is 0. The lowest BCUT2D eigenvalue weighted by atomic mass is 9.82. The van der Waals surface area contributed by atoms with Gasteiger partial charge in [0.1, 0.15) is 11.6 Å². The zero-order valence-electron chi connectivity index (χ0n) is 17.6. The van der Waals surface area contributed by atoms with Crippen molar-refractivity contribution in [2.45, 2.75) is 70.8 Å². The van der Waals surface area contributed by atoms with Gasteiger partial charge in [-0.3, -0.25) is 0 Å². The lowest BCUT2D eigenvalue weighted by molar-refractivity contribution is 0.0249. The molecule has 3 heteroatoms. The Morgan fingerprint density at radius 3 is 2.28 bits per heavy atom. The third-order valence-corrected chi connectivity index (χ3v) is 5.87. The van der Waals surface area contributed by atoms with Crippen LogP contribution in [0, 0.1) is 11.6 Å². The highest BCUT2D eigenvalue weighted by molar-refractivity contribution is 5.64. The first kappa shape index (κ1) is 21.7. The molecule has 0 aliphatic heterocycles. The van der Waals surface area contributed by atoms with Gasteiger partial charge in [-0.2, -0.15) is 0 Å². The van der Waals surface area contributed by atoms with Gasteiger partial charge in [0.15, 0.2) is 0 Å². The molecule has 3 rings (SSSR count). The first-order chi connectivity index (χ1) is 14.1. The van der Waals surface area contributed by atoms with Crippen LogP contribution in [0.5, 0.6) is 0 Å². The molecule has 0 aromatic heterocycles. The summed E-state index contributed by atoms with van der Waals surface area (Å²) in [6, 6.07) is 10.6. The van der Waals surface area contributed by atoms with E-state index in [0.717, 1.165) is 61.8 Å². The molecule has 0 heterocycles. The molecule has 1 nitrogen and oxygen atoms in total. The Morgan fingerprint density at radius 1 is 0.966 bits per heavy atom. The Balaban J connectivity index is 1.67. The molecule has 0 radical (unpaired) electrons. The van der Waals surface area contributed by atoms with Gasteiger partial charge in [-0.25, -0.2) is 8.78 Å². The summed E-state index contributed by atoms with van der Waals surface area (Å²) < 4.78 is 35.1. The van der Waals surface area contributed by atoms with Crippen molar-refractivity contribution in [2.75, 3.05) is 6.61 Å². The second-order valence-corrected chi connectivity index (χ2v) is 7.99. The van der Waals surface area contributed by atoms with Crippen molar-refractivity contribution >= 4 is 0 Å². The average Bonchev–Trinajstić information content (AvgIpc) is 2.74. The Kier molecular flexibility index (Phi) is 8.00. The van der Waals surface area contributed by atoms with Gasteiger partial charge in [0, 0.05) is 6.61 Å². The van der Waals surface area contributed by atoms with Gasteiger partial charge >= 0.3 is 0 Å². The van der Waals surface area contributed by atoms with E-state index in [0.29, 0.717) is 18.1 Å². The average molecular weight is 399 g/mol. The molecule has 1 fully saturated rings. The fourth-order valence-electron chi connectivity index (χ4n) is 4.20. The summed E-state index contributed by atoms with van der Waals surface area (Å²) in [5.74, 6) is -0.156. The van der Waals surface area contributed by atoms with Crippen LogP contribution in [0.1, 0.15) is 69.4 Å². The molecule has 29 heavy (non-hydrogen) atoms. The Bertz CT molecular complexity index is 819. The van der Waals surface area contributed by atoms with Crippen molar-refractivity contribution in [1.29, 1.82) is 0 Å². The van der Waals surface area contributed by atoms with Gasteiger partial charge in [0.25, 0.3) is 0 Å². The maximum atomic E-state index is 14.9. The number of ether oxygens (including phenoxy) is 1. The van der Waals surface area contributed by atoms with Crippen LogP contribution < -0.4 is 0 Å². The van der Waals surface area contributed by atoms with E-state index in [1.165, 1.54) is 6.07 Å². The summed E-state index contributed by atoms with van der Waals surface area (Å²) >= 11 is 0. The van der Waals surface area contributed by atoms with Crippen molar-refractivity contribution in [1.82, 2.24) is 0 Å². The highest BCUT2D eigenvalue weighted by atomic mass is 19.1. The van der Waals surface area contributed by atoms with Gasteiger partial charge < -0.3 is 4.74 Å². The molecular weight excluding hydrogens is 366 g/mol. The smallest absolute Gasteiger partial charge is 0.127 e. The Labute approximate surface area is 173 Å².